The van der Waals surface area contributed by atoms with E-state index in [0.717, 1.165) is 18.2 Å². The van der Waals surface area contributed by atoms with Gasteiger partial charge in [0, 0.05) is 32.0 Å². The third kappa shape index (κ3) is 3.90. The van der Waals surface area contributed by atoms with E-state index in [1.807, 2.05) is 0 Å². The lowest BCUT2D eigenvalue weighted by Crippen LogP contribution is -2.40. The van der Waals surface area contributed by atoms with Crippen LogP contribution in [0.5, 0.6) is 0 Å². The molecule has 1 aromatic heterocycles. The van der Waals surface area contributed by atoms with E-state index in [2.05, 4.69) is 0 Å². The first kappa shape index (κ1) is 20.0. The Morgan fingerprint density at radius 2 is 1.80 bits per heavy atom. The fourth-order valence-electron chi connectivity index (χ4n) is 3.89. The number of likely N-dealkylation sites (tertiary alicyclic amines) is 1. The third-order valence-electron chi connectivity index (χ3n) is 5.54. The Kier molecular flexibility index (Phi) is 5.48. The molecule has 1 aliphatic rings. The lowest BCUT2D eigenvalue weighted by atomic mass is 9.88. The summed E-state index contributed by atoms with van der Waals surface area (Å²) in [4.78, 5) is 38.8. The number of benzene rings is 2. The minimum absolute atomic E-state index is 0.126. The zero-order valence-corrected chi connectivity index (χ0v) is 16.1. The third-order valence-corrected chi connectivity index (χ3v) is 5.54. The molecule has 0 N–H and O–H groups in total. The number of halogens is 2. The van der Waals surface area contributed by atoms with Crippen LogP contribution in [0.1, 0.15) is 29.6 Å². The second-order valence-electron chi connectivity index (χ2n) is 7.38. The number of ketones is 1. The second kappa shape index (κ2) is 8.22. The molecule has 0 atom stereocenters. The van der Waals surface area contributed by atoms with E-state index in [0.29, 0.717) is 37.0 Å². The quantitative estimate of drug-likeness (QED) is 0.600. The monoisotopic (exact) mass is 414 g/mol. The molecule has 156 valence electrons. The molecular formula is C22H20F2N2O4. The minimum Gasteiger partial charge on any atom is -0.408 e. The van der Waals surface area contributed by atoms with Crippen LogP contribution in [0.15, 0.2) is 51.7 Å². The van der Waals surface area contributed by atoms with Crippen LogP contribution in [-0.2, 0) is 11.3 Å². The molecule has 0 aliphatic carbocycles. The Labute approximate surface area is 170 Å². The number of carbonyl (C=O) groups is 2. The first-order valence-electron chi connectivity index (χ1n) is 9.79. The number of hydrogen-bond acceptors (Lipinski definition) is 4. The highest BCUT2D eigenvalue weighted by Crippen LogP contribution is 2.24. The number of oxazole rings is 1. The molecule has 2 heterocycles. The number of aromatic nitrogens is 1. The Morgan fingerprint density at radius 1 is 1.07 bits per heavy atom. The molecule has 0 radical (unpaired) electrons. The molecule has 0 unspecified atom stereocenters. The van der Waals surface area contributed by atoms with Crippen molar-refractivity contribution in [3.05, 3.63) is 70.2 Å². The van der Waals surface area contributed by atoms with Crippen LogP contribution in [-0.4, -0.2) is 34.2 Å². The van der Waals surface area contributed by atoms with Crippen molar-refractivity contribution < 1.29 is 22.8 Å². The van der Waals surface area contributed by atoms with Crippen molar-refractivity contribution >= 4 is 22.8 Å². The van der Waals surface area contributed by atoms with Gasteiger partial charge in [-0.25, -0.2) is 13.6 Å². The summed E-state index contributed by atoms with van der Waals surface area (Å²) >= 11 is 0. The molecule has 30 heavy (non-hydrogen) atoms. The van der Waals surface area contributed by atoms with Gasteiger partial charge in [-0.2, -0.15) is 0 Å². The van der Waals surface area contributed by atoms with E-state index in [-0.39, 0.29) is 24.4 Å². The molecule has 1 amide bonds. The number of hydrogen-bond donors (Lipinski definition) is 0. The highest BCUT2D eigenvalue weighted by Gasteiger charge is 2.29. The van der Waals surface area contributed by atoms with Crippen molar-refractivity contribution in [1.82, 2.24) is 9.47 Å². The van der Waals surface area contributed by atoms with Crippen LogP contribution in [0.4, 0.5) is 8.78 Å². The van der Waals surface area contributed by atoms with Crippen molar-refractivity contribution in [2.45, 2.75) is 25.8 Å². The van der Waals surface area contributed by atoms with Gasteiger partial charge in [-0.15, -0.1) is 0 Å². The van der Waals surface area contributed by atoms with Gasteiger partial charge in [-0.05, 0) is 43.2 Å². The van der Waals surface area contributed by atoms with E-state index in [9.17, 15) is 23.2 Å². The largest absolute Gasteiger partial charge is 0.419 e. The number of aryl methyl sites for hydroxylation is 1. The first-order valence-corrected chi connectivity index (χ1v) is 9.79. The summed E-state index contributed by atoms with van der Waals surface area (Å²) in [5.74, 6) is -2.92. The van der Waals surface area contributed by atoms with Gasteiger partial charge in [0.1, 0.15) is 11.6 Å². The van der Waals surface area contributed by atoms with E-state index in [1.54, 1.807) is 29.2 Å². The number of rotatable bonds is 5. The number of para-hydroxylation sites is 2. The smallest absolute Gasteiger partial charge is 0.408 e. The summed E-state index contributed by atoms with van der Waals surface area (Å²) in [6.07, 6.45) is 0.894. The highest BCUT2D eigenvalue weighted by molar-refractivity contribution is 5.98. The molecular weight excluding hydrogens is 394 g/mol. The molecule has 1 fully saturated rings. The summed E-state index contributed by atoms with van der Waals surface area (Å²) in [6, 6.07) is 9.85. The number of fused-ring (bicyclic) bond motifs is 1. The van der Waals surface area contributed by atoms with Gasteiger partial charge < -0.3 is 9.32 Å². The SMILES string of the molecule is O=C(c1cc(F)ccc1F)C1CCN(C(=O)CCn2c(=O)oc3ccccc32)CC1. The minimum atomic E-state index is -0.738. The van der Waals surface area contributed by atoms with Crippen LogP contribution in [0, 0.1) is 17.6 Å². The Bertz CT molecular complexity index is 1160. The summed E-state index contributed by atoms with van der Waals surface area (Å²) in [6.45, 7) is 0.905. The fraction of sp³-hybridized carbons (Fsp3) is 0.318. The zero-order valence-electron chi connectivity index (χ0n) is 16.1. The van der Waals surface area contributed by atoms with E-state index in [4.69, 9.17) is 4.42 Å². The molecule has 1 saturated heterocycles. The average molecular weight is 414 g/mol. The van der Waals surface area contributed by atoms with Gasteiger partial charge in [-0.3, -0.25) is 14.2 Å². The lowest BCUT2D eigenvalue weighted by Gasteiger charge is -2.31. The zero-order chi connectivity index (χ0) is 21.3. The summed E-state index contributed by atoms with van der Waals surface area (Å²) < 4.78 is 33.8. The molecule has 0 spiro atoms. The van der Waals surface area contributed by atoms with Crippen molar-refractivity contribution in [2.75, 3.05) is 13.1 Å². The van der Waals surface area contributed by atoms with Crippen molar-refractivity contribution in [2.24, 2.45) is 5.92 Å². The summed E-state index contributed by atoms with van der Waals surface area (Å²) in [5, 5.41) is 0. The number of amides is 1. The predicted octanol–water partition coefficient (Wildman–Crippen LogP) is 3.38. The lowest BCUT2D eigenvalue weighted by molar-refractivity contribution is -0.132. The number of piperidine rings is 1. The second-order valence-corrected chi connectivity index (χ2v) is 7.38. The van der Waals surface area contributed by atoms with Crippen molar-refractivity contribution in [3.8, 4) is 0 Å². The molecule has 3 aromatic rings. The van der Waals surface area contributed by atoms with E-state index >= 15 is 0 Å². The maximum atomic E-state index is 13.9. The van der Waals surface area contributed by atoms with Gasteiger partial charge in [0.25, 0.3) is 0 Å². The Balaban J connectivity index is 1.35. The van der Waals surface area contributed by atoms with E-state index < -0.39 is 29.1 Å². The number of nitrogens with zero attached hydrogens (tertiary/aromatic N) is 2. The van der Waals surface area contributed by atoms with Crippen LogP contribution < -0.4 is 5.76 Å². The number of carbonyl (C=O) groups excluding carboxylic acids is 2. The van der Waals surface area contributed by atoms with Gasteiger partial charge in [0.2, 0.25) is 5.91 Å². The molecule has 1 aliphatic heterocycles. The Hall–Kier alpha value is -3.29. The van der Waals surface area contributed by atoms with Crippen LogP contribution in [0.3, 0.4) is 0 Å². The summed E-state index contributed by atoms with van der Waals surface area (Å²) in [5.41, 5.74) is 0.863. The molecule has 6 nitrogen and oxygen atoms in total. The first-order chi connectivity index (χ1) is 14.4. The molecule has 0 saturated carbocycles. The fourth-order valence-corrected chi connectivity index (χ4v) is 3.89. The van der Waals surface area contributed by atoms with Crippen molar-refractivity contribution in [1.29, 1.82) is 0 Å². The van der Waals surface area contributed by atoms with Gasteiger partial charge in [-0.1, -0.05) is 12.1 Å². The standard InChI is InChI=1S/C22H20F2N2O4/c23-15-5-6-17(24)16(13-15)21(28)14-7-10-25(11-8-14)20(27)9-12-26-18-3-1-2-4-19(18)30-22(26)29/h1-6,13-14H,7-12H2. The van der Waals surface area contributed by atoms with Crippen molar-refractivity contribution in [3.63, 3.8) is 0 Å². The maximum Gasteiger partial charge on any atom is 0.419 e. The predicted molar refractivity (Wildman–Crippen MR) is 105 cm³/mol. The van der Waals surface area contributed by atoms with Gasteiger partial charge in [0.15, 0.2) is 11.4 Å². The molecule has 8 heteroatoms. The number of Topliss-reactive ketones (excluding diaryl/α,β-unsaturated/α-hetero) is 1. The molecule has 0 bridgehead atoms. The highest BCUT2D eigenvalue weighted by atomic mass is 19.1. The van der Waals surface area contributed by atoms with Crippen LogP contribution in [0.25, 0.3) is 11.1 Å². The van der Waals surface area contributed by atoms with Gasteiger partial charge in [0.05, 0.1) is 11.1 Å². The average Bonchev–Trinajstić information content (AvgIpc) is 3.08. The van der Waals surface area contributed by atoms with Gasteiger partial charge >= 0.3 is 5.76 Å². The van der Waals surface area contributed by atoms with Crippen LogP contribution >= 0.6 is 0 Å². The van der Waals surface area contributed by atoms with Crippen LogP contribution in [0.2, 0.25) is 0 Å². The Morgan fingerprint density at radius 3 is 2.57 bits per heavy atom. The normalized spacial score (nSPS) is 14.9. The molecule has 2 aromatic carbocycles. The summed E-state index contributed by atoms with van der Waals surface area (Å²) in [7, 11) is 0. The topological polar surface area (TPSA) is 72.5 Å². The van der Waals surface area contributed by atoms with E-state index in [1.165, 1.54) is 4.57 Å². The molecule has 4 rings (SSSR count). The maximum absolute atomic E-state index is 13.9.